The molecule has 2 heterocycles. The Balaban J connectivity index is 1.72. The molecule has 0 fully saturated rings. The van der Waals surface area contributed by atoms with Crippen molar-refractivity contribution in [3.8, 4) is 6.07 Å². The van der Waals surface area contributed by atoms with Crippen molar-refractivity contribution in [3.05, 3.63) is 52.0 Å². The van der Waals surface area contributed by atoms with Crippen LogP contribution in [0.2, 0.25) is 0 Å². The molecule has 3 nitrogen and oxygen atoms in total. The van der Waals surface area contributed by atoms with Crippen LogP contribution in [0.25, 0.3) is 0 Å². The van der Waals surface area contributed by atoms with E-state index in [9.17, 15) is 0 Å². The molecule has 0 radical (unpaired) electrons. The highest BCUT2D eigenvalue weighted by molar-refractivity contribution is 7.12. The first-order valence-corrected chi connectivity index (χ1v) is 6.29. The summed E-state index contributed by atoms with van der Waals surface area (Å²) in [4.78, 5) is 6.23. The monoisotopic (exact) mass is 243 g/mol. The van der Waals surface area contributed by atoms with Gasteiger partial charge in [0.05, 0.1) is 0 Å². The predicted molar refractivity (Wildman–Crippen MR) is 68.7 cm³/mol. The lowest BCUT2D eigenvalue weighted by atomic mass is 10.3. The molecule has 2 aromatic rings. The van der Waals surface area contributed by atoms with Crippen molar-refractivity contribution in [3.63, 3.8) is 0 Å². The second-order valence-corrected chi connectivity index (χ2v) is 4.79. The van der Waals surface area contributed by atoms with Crippen LogP contribution in [0, 0.1) is 11.3 Å². The molecule has 0 spiro atoms. The average Bonchev–Trinajstić information content (AvgIpc) is 2.84. The second-order valence-electron chi connectivity index (χ2n) is 3.63. The lowest BCUT2D eigenvalue weighted by molar-refractivity contribution is 0.686. The van der Waals surface area contributed by atoms with Crippen LogP contribution < -0.4 is 5.32 Å². The average molecular weight is 243 g/mol. The van der Waals surface area contributed by atoms with E-state index in [1.807, 2.05) is 36.5 Å². The molecule has 0 atom stereocenters. The van der Waals surface area contributed by atoms with Crippen LogP contribution >= 0.6 is 11.3 Å². The molecular formula is C13H13N3S. The molecule has 0 aliphatic carbocycles. The molecule has 0 aliphatic heterocycles. The van der Waals surface area contributed by atoms with E-state index < -0.39 is 0 Å². The molecule has 2 aromatic heterocycles. The maximum Gasteiger partial charge on any atom is 0.110 e. The number of hydrogen-bond acceptors (Lipinski definition) is 4. The zero-order valence-electron chi connectivity index (χ0n) is 9.39. The first-order chi connectivity index (χ1) is 8.38. The Hall–Kier alpha value is -1.70. The van der Waals surface area contributed by atoms with Crippen molar-refractivity contribution >= 4 is 11.3 Å². The van der Waals surface area contributed by atoms with Crippen molar-refractivity contribution in [2.45, 2.75) is 13.0 Å². The highest BCUT2D eigenvalue weighted by atomic mass is 32.1. The van der Waals surface area contributed by atoms with E-state index in [0.717, 1.165) is 30.1 Å². The third-order valence-corrected chi connectivity index (χ3v) is 3.35. The van der Waals surface area contributed by atoms with Crippen LogP contribution in [-0.2, 0) is 13.0 Å². The Morgan fingerprint density at radius 1 is 1.29 bits per heavy atom. The van der Waals surface area contributed by atoms with Crippen molar-refractivity contribution < 1.29 is 0 Å². The van der Waals surface area contributed by atoms with E-state index in [4.69, 9.17) is 5.26 Å². The van der Waals surface area contributed by atoms with Crippen molar-refractivity contribution in [2.24, 2.45) is 0 Å². The minimum Gasteiger partial charge on any atom is -0.311 e. The van der Waals surface area contributed by atoms with Crippen LogP contribution in [0.5, 0.6) is 0 Å². The number of rotatable bonds is 5. The SMILES string of the molecule is N#Cc1ccc(CNCCc2ccccn2)s1. The maximum atomic E-state index is 8.70. The highest BCUT2D eigenvalue weighted by Gasteiger charge is 1.98. The fourth-order valence-electron chi connectivity index (χ4n) is 1.51. The normalized spacial score (nSPS) is 10.1. The Kier molecular flexibility index (Phi) is 4.25. The van der Waals surface area contributed by atoms with E-state index in [0.29, 0.717) is 0 Å². The Morgan fingerprint density at radius 2 is 2.24 bits per heavy atom. The van der Waals surface area contributed by atoms with E-state index in [1.165, 1.54) is 16.2 Å². The van der Waals surface area contributed by atoms with Gasteiger partial charge in [0.1, 0.15) is 10.9 Å². The molecule has 2 rings (SSSR count). The summed E-state index contributed by atoms with van der Waals surface area (Å²) >= 11 is 1.54. The number of nitriles is 1. The minimum absolute atomic E-state index is 0.770. The lowest BCUT2D eigenvalue weighted by Gasteiger charge is -2.02. The fourth-order valence-corrected chi connectivity index (χ4v) is 2.28. The molecule has 0 saturated carbocycles. The van der Waals surface area contributed by atoms with Gasteiger partial charge in [-0.15, -0.1) is 11.3 Å². The third-order valence-electron chi connectivity index (χ3n) is 2.36. The first kappa shape index (κ1) is 11.8. The van der Waals surface area contributed by atoms with Crippen LogP contribution in [0.4, 0.5) is 0 Å². The quantitative estimate of drug-likeness (QED) is 0.820. The summed E-state index contributed by atoms with van der Waals surface area (Å²) in [5.74, 6) is 0. The van der Waals surface area contributed by atoms with Gasteiger partial charge in [0, 0.05) is 36.3 Å². The zero-order valence-corrected chi connectivity index (χ0v) is 10.2. The fraction of sp³-hybridized carbons (Fsp3) is 0.231. The van der Waals surface area contributed by atoms with Gasteiger partial charge in [0.2, 0.25) is 0 Å². The van der Waals surface area contributed by atoms with Crippen LogP contribution in [0.15, 0.2) is 36.5 Å². The van der Waals surface area contributed by atoms with Gasteiger partial charge in [-0.05, 0) is 24.3 Å². The second kappa shape index (κ2) is 6.14. The molecule has 4 heteroatoms. The Morgan fingerprint density at radius 3 is 2.94 bits per heavy atom. The standard InChI is InChI=1S/C13H13N3S/c14-9-12-4-5-13(17-12)10-15-8-6-11-3-1-2-7-16-11/h1-5,7,15H,6,8,10H2. The van der Waals surface area contributed by atoms with Gasteiger partial charge in [0.15, 0.2) is 0 Å². The summed E-state index contributed by atoms with van der Waals surface area (Å²) in [5.41, 5.74) is 1.10. The molecule has 0 saturated heterocycles. The molecule has 86 valence electrons. The smallest absolute Gasteiger partial charge is 0.110 e. The molecule has 17 heavy (non-hydrogen) atoms. The van der Waals surface area contributed by atoms with Crippen molar-refractivity contribution in [1.29, 1.82) is 5.26 Å². The largest absolute Gasteiger partial charge is 0.311 e. The van der Waals surface area contributed by atoms with Gasteiger partial charge < -0.3 is 5.32 Å². The molecule has 1 N–H and O–H groups in total. The highest BCUT2D eigenvalue weighted by Crippen LogP contribution is 2.14. The van der Waals surface area contributed by atoms with Gasteiger partial charge in [0.25, 0.3) is 0 Å². The van der Waals surface area contributed by atoms with Gasteiger partial charge in [-0.25, -0.2) is 0 Å². The summed E-state index contributed by atoms with van der Waals surface area (Å²) in [5, 5.41) is 12.1. The number of thiophene rings is 1. The molecule has 0 aliphatic rings. The lowest BCUT2D eigenvalue weighted by Crippen LogP contribution is -2.16. The van der Waals surface area contributed by atoms with E-state index in [2.05, 4.69) is 16.4 Å². The van der Waals surface area contributed by atoms with Gasteiger partial charge in [-0.1, -0.05) is 6.07 Å². The van der Waals surface area contributed by atoms with E-state index >= 15 is 0 Å². The summed E-state index contributed by atoms with van der Waals surface area (Å²) in [6.45, 7) is 1.72. The maximum absolute atomic E-state index is 8.70. The zero-order chi connectivity index (χ0) is 11.9. The van der Waals surface area contributed by atoms with Gasteiger partial charge in [-0.2, -0.15) is 5.26 Å². The van der Waals surface area contributed by atoms with E-state index in [1.54, 1.807) is 0 Å². The van der Waals surface area contributed by atoms with E-state index in [-0.39, 0.29) is 0 Å². The summed E-state index contributed by atoms with van der Waals surface area (Å²) in [6.07, 6.45) is 2.74. The number of nitrogens with one attached hydrogen (secondary N) is 1. The van der Waals surface area contributed by atoms with Crippen LogP contribution in [0.1, 0.15) is 15.4 Å². The van der Waals surface area contributed by atoms with Gasteiger partial charge in [-0.3, -0.25) is 4.98 Å². The minimum atomic E-state index is 0.770. The number of aromatic nitrogens is 1. The van der Waals surface area contributed by atoms with Crippen molar-refractivity contribution in [1.82, 2.24) is 10.3 Å². The number of nitrogens with zero attached hydrogens (tertiary/aromatic N) is 2. The Labute approximate surface area is 105 Å². The number of hydrogen-bond donors (Lipinski definition) is 1. The molecule has 0 bridgehead atoms. The summed E-state index contributed by atoms with van der Waals surface area (Å²) < 4.78 is 0. The first-order valence-electron chi connectivity index (χ1n) is 5.48. The predicted octanol–water partition coefficient (Wildman–Crippen LogP) is 2.35. The Bertz CT molecular complexity index is 499. The van der Waals surface area contributed by atoms with Crippen LogP contribution in [-0.4, -0.2) is 11.5 Å². The molecule has 0 aromatic carbocycles. The summed E-state index contributed by atoms with van der Waals surface area (Å²) in [7, 11) is 0. The van der Waals surface area contributed by atoms with Gasteiger partial charge >= 0.3 is 0 Å². The van der Waals surface area contributed by atoms with Crippen molar-refractivity contribution in [2.75, 3.05) is 6.54 Å². The molecule has 0 unspecified atom stereocenters. The number of pyridine rings is 1. The summed E-state index contributed by atoms with van der Waals surface area (Å²) in [6, 6.07) is 12.0. The van der Waals surface area contributed by atoms with Crippen LogP contribution in [0.3, 0.4) is 0 Å². The molecule has 0 amide bonds. The third kappa shape index (κ3) is 3.66. The molecular weight excluding hydrogens is 230 g/mol. The topological polar surface area (TPSA) is 48.7 Å².